The Morgan fingerprint density at radius 1 is 1.07 bits per heavy atom. The summed E-state index contributed by atoms with van der Waals surface area (Å²) in [5.74, 6) is 1.15. The zero-order valence-electron chi connectivity index (χ0n) is 15.7. The van der Waals surface area contributed by atoms with Gasteiger partial charge in [0.05, 0.1) is 14.2 Å². The minimum atomic E-state index is -0.240. The topological polar surface area (TPSA) is 50.8 Å². The number of amides is 2. The summed E-state index contributed by atoms with van der Waals surface area (Å²) in [6.07, 6.45) is 2.99. The van der Waals surface area contributed by atoms with E-state index >= 15 is 0 Å². The highest BCUT2D eigenvalue weighted by Gasteiger charge is 2.23. The van der Waals surface area contributed by atoms with Crippen LogP contribution in [-0.2, 0) is 0 Å². The monoisotopic (exact) mass is 372 g/mol. The maximum absolute atomic E-state index is 13.2. The summed E-state index contributed by atoms with van der Waals surface area (Å²) in [5.41, 5.74) is 1.72. The van der Waals surface area contributed by atoms with Crippen LogP contribution in [0.3, 0.4) is 0 Å². The summed E-state index contributed by atoms with van der Waals surface area (Å²) in [6.45, 7) is 1.32. The smallest absolute Gasteiger partial charge is 0.321 e. The standard InChI is InChI=1S/C21H25FN2O3/c1-26-19-11-10-18(13-20(19)27-2)23-21(25)24-12-4-3-5-16(14-24)15-6-8-17(22)9-7-15/h6-11,13,16H,3-5,12,14H2,1-2H3,(H,23,25). The van der Waals surface area contributed by atoms with E-state index in [2.05, 4.69) is 5.32 Å². The van der Waals surface area contributed by atoms with Crippen molar-refractivity contribution < 1.29 is 18.7 Å². The van der Waals surface area contributed by atoms with Gasteiger partial charge >= 0.3 is 6.03 Å². The molecule has 1 atom stereocenters. The van der Waals surface area contributed by atoms with Gasteiger partial charge in [-0.05, 0) is 42.7 Å². The highest BCUT2D eigenvalue weighted by molar-refractivity contribution is 5.89. The normalized spacial score (nSPS) is 17.1. The first-order chi connectivity index (χ1) is 13.1. The van der Waals surface area contributed by atoms with E-state index in [4.69, 9.17) is 9.47 Å². The van der Waals surface area contributed by atoms with Crippen molar-refractivity contribution in [1.82, 2.24) is 4.90 Å². The molecule has 0 aromatic heterocycles. The second-order valence-corrected chi connectivity index (χ2v) is 6.69. The van der Waals surface area contributed by atoms with E-state index in [1.165, 1.54) is 12.1 Å². The number of hydrogen-bond donors (Lipinski definition) is 1. The van der Waals surface area contributed by atoms with E-state index in [0.717, 1.165) is 24.8 Å². The molecule has 0 aliphatic carbocycles. The lowest BCUT2D eigenvalue weighted by Crippen LogP contribution is -2.37. The second-order valence-electron chi connectivity index (χ2n) is 6.69. The number of anilines is 1. The molecule has 0 saturated carbocycles. The number of hydrogen-bond acceptors (Lipinski definition) is 3. The minimum absolute atomic E-state index is 0.142. The average Bonchev–Trinajstić information content (AvgIpc) is 2.95. The maximum atomic E-state index is 13.2. The number of rotatable bonds is 4. The number of nitrogens with one attached hydrogen (secondary N) is 1. The summed E-state index contributed by atoms with van der Waals surface area (Å²) in [4.78, 5) is 14.6. The Bertz CT molecular complexity index is 779. The van der Waals surface area contributed by atoms with Crippen molar-refractivity contribution >= 4 is 11.7 Å². The molecule has 1 heterocycles. The van der Waals surface area contributed by atoms with Crippen LogP contribution < -0.4 is 14.8 Å². The summed E-state index contributed by atoms with van der Waals surface area (Å²) in [5, 5.41) is 2.94. The Morgan fingerprint density at radius 2 is 1.81 bits per heavy atom. The number of carbonyl (C=O) groups is 1. The highest BCUT2D eigenvalue weighted by atomic mass is 19.1. The fourth-order valence-corrected chi connectivity index (χ4v) is 3.45. The number of methoxy groups -OCH3 is 2. The zero-order valence-corrected chi connectivity index (χ0v) is 15.7. The van der Waals surface area contributed by atoms with Crippen LogP contribution in [0.4, 0.5) is 14.9 Å². The summed E-state index contributed by atoms with van der Waals surface area (Å²) in [6, 6.07) is 11.7. The Balaban J connectivity index is 1.70. The molecule has 1 saturated heterocycles. The number of ether oxygens (including phenoxy) is 2. The molecule has 27 heavy (non-hydrogen) atoms. The molecule has 1 unspecified atom stereocenters. The molecule has 0 bridgehead atoms. The van der Waals surface area contributed by atoms with Gasteiger partial charge in [0.2, 0.25) is 0 Å². The van der Waals surface area contributed by atoms with Crippen molar-refractivity contribution in [3.8, 4) is 11.5 Å². The summed E-state index contributed by atoms with van der Waals surface area (Å²) in [7, 11) is 3.13. The third-order valence-electron chi connectivity index (χ3n) is 4.93. The maximum Gasteiger partial charge on any atom is 0.321 e. The molecule has 2 amide bonds. The van der Waals surface area contributed by atoms with E-state index in [1.807, 2.05) is 17.0 Å². The largest absolute Gasteiger partial charge is 0.493 e. The molecule has 1 fully saturated rings. The van der Waals surface area contributed by atoms with E-state index in [1.54, 1.807) is 32.4 Å². The van der Waals surface area contributed by atoms with Gasteiger partial charge in [0.15, 0.2) is 11.5 Å². The predicted octanol–water partition coefficient (Wildman–Crippen LogP) is 4.64. The Kier molecular flexibility index (Phi) is 6.16. The van der Waals surface area contributed by atoms with E-state index < -0.39 is 0 Å². The first-order valence-corrected chi connectivity index (χ1v) is 9.14. The Morgan fingerprint density at radius 3 is 2.52 bits per heavy atom. The van der Waals surface area contributed by atoms with Crippen molar-refractivity contribution in [3.63, 3.8) is 0 Å². The quantitative estimate of drug-likeness (QED) is 0.850. The van der Waals surface area contributed by atoms with Crippen LogP contribution in [0, 0.1) is 5.82 Å². The lowest BCUT2D eigenvalue weighted by atomic mass is 9.94. The van der Waals surface area contributed by atoms with Gasteiger partial charge in [-0.3, -0.25) is 0 Å². The van der Waals surface area contributed by atoms with Crippen LogP contribution in [0.1, 0.15) is 30.7 Å². The van der Waals surface area contributed by atoms with Gasteiger partial charge in [0, 0.05) is 30.8 Å². The first-order valence-electron chi connectivity index (χ1n) is 9.14. The number of carbonyl (C=O) groups excluding carboxylic acids is 1. The molecule has 3 rings (SSSR count). The van der Waals surface area contributed by atoms with Gasteiger partial charge in [0.1, 0.15) is 5.82 Å². The van der Waals surface area contributed by atoms with Crippen molar-refractivity contribution in [2.24, 2.45) is 0 Å². The van der Waals surface area contributed by atoms with Gasteiger partial charge in [-0.1, -0.05) is 18.6 Å². The molecule has 1 aliphatic heterocycles. The zero-order chi connectivity index (χ0) is 19.2. The Labute approximate surface area is 159 Å². The number of likely N-dealkylation sites (tertiary alicyclic amines) is 1. The molecule has 144 valence electrons. The van der Waals surface area contributed by atoms with Crippen LogP contribution in [0.15, 0.2) is 42.5 Å². The summed E-state index contributed by atoms with van der Waals surface area (Å²) < 4.78 is 23.7. The van der Waals surface area contributed by atoms with Gasteiger partial charge in [-0.15, -0.1) is 0 Å². The molecule has 1 aliphatic rings. The fourth-order valence-electron chi connectivity index (χ4n) is 3.45. The molecular formula is C21H25FN2O3. The van der Waals surface area contributed by atoms with Crippen LogP contribution >= 0.6 is 0 Å². The number of benzene rings is 2. The third-order valence-corrected chi connectivity index (χ3v) is 4.93. The van der Waals surface area contributed by atoms with Crippen LogP contribution in [0.5, 0.6) is 11.5 Å². The molecule has 2 aromatic rings. The number of urea groups is 1. The molecule has 0 spiro atoms. The van der Waals surface area contributed by atoms with Crippen LogP contribution in [0.2, 0.25) is 0 Å². The fraction of sp³-hybridized carbons (Fsp3) is 0.381. The van der Waals surface area contributed by atoms with Crippen molar-refractivity contribution in [2.75, 3.05) is 32.6 Å². The lowest BCUT2D eigenvalue weighted by molar-refractivity contribution is 0.211. The third kappa shape index (κ3) is 4.70. The van der Waals surface area contributed by atoms with Crippen LogP contribution in [0.25, 0.3) is 0 Å². The second kappa shape index (κ2) is 8.75. The molecule has 6 heteroatoms. The van der Waals surface area contributed by atoms with E-state index in [0.29, 0.717) is 30.3 Å². The van der Waals surface area contributed by atoms with Gasteiger partial charge in [-0.25, -0.2) is 9.18 Å². The molecule has 2 aromatic carbocycles. The van der Waals surface area contributed by atoms with Gasteiger partial charge < -0.3 is 19.7 Å². The average molecular weight is 372 g/mol. The van der Waals surface area contributed by atoms with Gasteiger partial charge in [-0.2, -0.15) is 0 Å². The first kappa shape index (κ1) is 19.0. The van der Waals surface area contributed by atoms with Crippen molar-refractivity contribution in [2.45, 2.75) is 25.2 Å². The Hall–Kier alpha value is -2.76. The van der Waals surface area contributed by atoms with E-state index in [9.17, 15) is 9.18 Å². The minimum Gasteiger partial charge on any atom is -0.493 e. The number of nitrogens with zero attached hydrogens (tertiary/aromatic N) is 1. The highest BCUT2D eigenvalue weighted by Crippen LogP contribution is 2.31. The summed E-state index contributed by atoms with van der Waals surface area (Å²) >= 11 is 0. The van der Waals surface area contributed by atoms with Crippen molar-refractivity contribution in [1.29, 1.82) is 0 Å². The van der Waals surface area contributed by atoms with Crippen molar-refractivity contribution in [3.05, 3.63) is 53.8 Å². The molecule has 0 radical (unpaired) electrons. The molecule has 5 nitrogen and oxygen atoms in total. The lowest BCUT2D eigenvalue weighted by Gasteiger charge is -2.25. The van der Waals surface area contributed by atoms with Crippen LogP contribution in [-0.4, -0.2) is 38.2 Å². The van der Waals surface area contributed by atoms with Gasteiger partial charge in [0.25, 0.3) is 0 Å². The molecule has 1 N–H and O–H groups in total. The molecular weight excluding hydrogens is 347 g/mol. The SMILES string of the molecule is COc1ccc(NC(=O)N2CCCCC(c3ccc(F)cc3)C2)cc1OC. The number of halogens is 1. The van der Waals surface area contributed by atoms with E-state index in [-0.39, 0.29) is 17.8 Å². The predicted molar refractivity (Wildman–Crippen MR) is 103 cm³/mol.